The first kappa shape index (κ1) is 21.7. The fourth-order valence-electron chi connectivity index (χ4n) is 1.96. The van der Waals surface area contributed by atoms with Gasteiger partial charge in [0, 0.05) is 30.1 Å². The molecule has 154 valence electrons. The number of hydrogen-bond donors (Lipinski definition) is 2. The predicted molar refractivity (Wildman–Crippen MR) is 98.1 cm³/mol. The Morgan fingerprint density at radius 1 is 1.34 bits per heavy atom. The van der Waals surface area contributed by atoms with Crippen molar-refractivity contribution in [3.63, 3.8) is 0 Å². The highest BCUT2D eigenvalue weighted by Crippen LogP contribution is 2.31. The summed E-state index contributed by atoms with van der Waals surface area (Å²) in [6, 6.07) is 2.67. The SMILES string of the molecule is CC(C)NC(=O)NC(=O)COC(=O)c1cc([N+](=O)[O-])ccc1Sc1nnnn1C. The van der Waals surface area contributed by atoms with Crippen LogP contribution in [0.5, 0.6) is 0 Å². The van der Waals surface area contributed by atoms with Crippen molar-refractivity contribution in [3.8, 4) is 0 Å². The molecule has 0 aliphatic carbocycles. The number of non-ortho nitro benzene ring substituents is 1. The molecule has 0 aliphatic rings. The van der Waals surface area contributed by atoms with E-state index in [0.717, 1.165) is 17.8 Å². The molecule has 0 saturated carbocycles. The predicted octanol–water partition coefficient (Wildman–Crippen LogP) is 0.660. The topological polar surface area (TPSA) is 171 Å². The second-order valence-electron chi connectivity index (χ2n) is 5.88. The van der Waals surface area contributed by atoms with Gasteiger partial charge >= 0.3 is 12.0 Å². The number of ether oxygens (including phenoxy) is 1. The van der Waals surface area contributed by atoms with Crippen molar-refractivity contribution in [2.75, 3.05) is 6.61 Å². The number of esters is 1. The molecule has 0 spiro atoms. The van der Waals surface area contributed by atoms with E-state index < -0.39 is 29.4 Å². The highest BCUT2D eigenvalue weighted by Gasteiger charge is 2.21. The zero-order chi connectivity index (χ0) is 21.6. The standard InChI is InChI=1S/C15H17N7O6S/c1-8(2)16-14(25)17-12(23)7-28-13(24)10-6-9(22(26)27)4-5-11(10)29-15-18-19-20-21(15)3/h4-6,8H,7H2,1-3H3,(H2,16,17,23,25). The van der Waals surface area contributed by atoms with Crippen LogP contribution in [-0.4, -0.2) is 55.7 Å². The van der Waals surface area contributed by atoms with Gasteiger partial charge in [0.1, 0.15) is 0 Å². The summed E-state index contributed by atoms with van der Waals surface area (Å²) in [5.74, 6) is -1.83. The van der Waals surface area contributed by atoms with E-state index in [1.54, 1.807) is 20.9 Å². The molecule has 0 atom stereocenters. The molecule has 29 heavy (non-hydrogen) atoms. The van der Waals surface area contributed by atoms with Crippen LogP contribution in [-0.2, 0) is 16.6 Å². The summed E-state index contributed by atoms with van der Waals surface area (Å²) in [6.45, 7) is 2.67. The number of imide groups is 1. The molecule has 13 nitrogen and oxygen atoms in total. The number of nitrogens with one attached hydrogen (secondary N) is 2. The van der Waals surface area contributed by atoms with Crippen molar-refractivity contribution in [3.05, 3.63) is 33.9 Å². The number of aryl methyl sites for hydroxylation is 1. The van der Waals surface area contributed by atoms with Gasteiger partial charge in [-0.05, 0) is 42.1 Å². The van der Waals surface area contributed by atoms with E-state index in [2.05, 4.69) is 20.8 Å². The maximum atomic E-state index is 12.4. The number of nitro groups is 1. The van der Waals surface area contributed by atoms with Crippen LogP contribution in [0.15, 0.2) is 28.3 Å². The summed E-state index contributed by atoms with van der Waals surface area (Å²) in [5.41, 5.74) is -0.482. The number of carbonyl (C=O) groups is 3. The third-order valence-corrected chi connectivity index (χ3v) is 4.29. The van der Waals surface area contributed by atoms with Gasteiger partial charge in [-0.15, -0.1) is 5.10 Å². The number of aromatic nitrogens is 4. The third-order valence-electron chi connectivity index (χ3n) is 3.18. The van der Waals surface area contributed by atoms with Crippen molar-refractivity contribution in [1.82, 2.24) is 30.8 Å². The zero-order valence-electron chi connectivity index (χ0n) is 15.6. The van der Waals surface area contributed by atoms with Crippen LogP contribution in [0.2, 0.25) is 0 Å². The number of nitrogens with zero attached hydrogens (tertiary/aromatic N) is 5. The average molecular weight is 423 g/mol. The molecule has 0 saturated heterocycles. The number of benzene rings is 1. The molecule has 0 bridgehead atoms. The van der Waals surface area contributed by atoms with Crippen molar-refractivity contribution >= 4 is 35.4 Å². The fourth-order valence-corrected chi connectivity index (χ4v) is 2.79. The molecule has 1 aromatic carbocycles. The number of hydrogen-bond acceptors (Lipinski definition) is 10. The zero-order valence-corrected chi connectivity index (χ0v) is 16.4. The molecule has 0 aliphatic heterocycles. The molecule has 0 unspecified atom stereocenters. The van der Waals surface area contributed by atoms with Crippen molar-refractivity contribution < 1.29 is 24.0 Å². The summed E-state index contributed by atoms with van der Waals surface area (Å²) in [7, 11) is 1.58. The highest BCUT2D eigenvalue weighted by atomic mass is 32.2. The minimum absolute atomic E-state index is 0.147. The smallest absolute Gasteiger partial charge is 0.340 e. The van der Waals surface area contributed by atoms with E-state index in [-0.39, 0.29) is 22.2 Å². The van der Waals surface area contributed by atoms with E-state index in [9.17, 15) is 24.5 Å². The molecule has 2 rings (SSSR count). The number of tetrazole rings is 1. The Bertz CT molecular complexity index is 945. The van der Waals surface area contributed by atoms with Gasteiger partial charge in [0.2, 0.25) is 5.16 Å². The van der Waals surface area contributed by atoms with Crippen molar-refractivity contribution in [1.29, 1.82) is 0 Å². The Balaban J connectivity index is 2.13. The summed E-state index contributed by atoms with van der Waals surface area (Å²) in [6.07, 6.45) is 0. The average Bonchev–Trinajstić information content (AvgIpc) is 3.03. The number of nitro benzene ring substituents is 1. The van der Waals surface area contributed by atoms with E-state index in [1.165, 1.54) is 16.8 Å². The first-order valence-electron chi connectivity index (χ1n) is 8.13. The van der Waals surface area contributed by atoms with Gasteiger partial charge in [-0.1, -0.05) is 0 Å². The third kappa shape index (κ3) is 6.24. The van der Waals surface area contributed by atoms with E-state index >= 15 is 0 Å². The van der Waals surface area contributed by atoms with E-state index in [0.29, 0.717) is 5.16 Å². The summed E-state index contributed by atoms with van der Waals surface area (Å²) in [4.78, 5) is 46.3. The highest BCUT2D eigenvalue weighted by molar-refractivity contribution is 7.99. The second-order valence-corrected chi connectivity index (χ2v) is 6.89. The lowest BCUT2D eigenvalue weighted by Crippen LogP contribution is -2.44. The van der Waals surface area contributed by atoms with Crippen LogP contribution in [0.25, 0.3) is 0 Å². The maximum absolute atomic E-state index is 12.4. The van der Waals surface area contributed by atoms with Gasteiger partial charge < -0.3 is 10.1 Å². The van der Waals surface area contributed by atoms with Crippen LogP contribution in [0.3, 0.4) is 0 Å². The summed E-state index contributed by atoms with van der Waals surface area (Å²) >= 11 is 0.987. The van der Waals surface area contributed by atoms with Gasteiger partial charge in [-0.25, -0.2) is 14.3 Å². The second kappa shape index (κ2) is 9.59. The van der Waals surface area contributed by atoms with Crippen LogP contribution in [0, 0.1) is 10.1 Å². The van der Waals surface area contributed by atoms with Crippen LogP contribution < -0.4 is 10.6 Å². The minimum atomic E-state index is -0.981. The number of rotatable bonds is 7. The summed E-state index contributed by atoms with van der Waals surface area (Å²) < 4.78 is 6.24. The van der Waals surface area contributed by atoms with Gasteiger partial charge in [0.25, 0.3) is 11.6 Å². The molecule has 2 aromatic rings. The first-order valence-corrected chi connectivity index (χ1v) is 8.95. The maximum Gasteiger partial charge on any atom is 0.340 e. The lowest BCUT2D eigenvalue weighted by molar-refractivity contribution is -0.384. The quantitative estimate of drug-likeness (QED) is 0.366. The number of amides is 3. The molecular formula is C15H17N7O6S. The molecule has 1 heterocycles. The normalized spacial score (nSPS) is 10.5. The lowest BCUT2D eigenvalue weighted by atomic mass is 10.2. The van der Waals surface area contributed by atoms with Crippen LogP contribution in [0.4, 0.5) is 10.5 Å². The molecule has 3 amide bonds. The molecule has 0 radical (unpaired) electrons. The first-order chi connectivity index (χ1) is 13.7. The molecule has 0 fully saturated rings. The Kier molecular flexibility index (Phi) is 7.19. The molecule has 2 N–H and O–H groups in total. The molecular weight excluding hydrogens is 406 g/mol. The Morgan fingerprint density at radius 3 is 2.66 bits per heavy atom. The summed E-state index contributed by atoms with van der Waals surface area (Å²) in [5, 5.41) is 26.7. The minimum Gasteiger partial charge on any atom is -0.452 e. The van der Waals surface area contributed by atoms with Crippen LogP contribution >= 0.6 is 11.8 Å². The van der Waals surface area contributed by atoms with Gasteiger partial charge in [-0.2, -0.15) is 0 Å². The largest absolute Gasteiger partial charge is 0.452 e. The Labute approximate surface area is 168 Å². The van der Waals surface area contributed by atoms with E-state index in [4.69, 9.17) is 4.74 Å². The van der Waals surface area contributed by atoms with E-state index in [1.807, 2.05) is 5.32 Å². The number of urea groups is 1. The molecule has 1 aromatic heterocycles. The van der Waals surface area contributed by atoms with Gasteiger partial charge in [0.15, 0.2) is 6.61 Å². The van der Waals surface area contributed by atoms with Crippen molar-refractivity contribution in [2.45, 2.75) is 29.9 Å². The number of carbonyl (C=O) groups excluding carboxylic acids is 3. The molecule has 14 heteroatoms. The van der Waals surface area contributed by atoms with Gasteiger partial charge in [-0.3, -0.25) is 20.2 Å². The fraction of sp³-hybridized carbons (Fsp3) is 0.333. The Hall–Kier alpha value is -3.55. The van der Waals surface area contributed by atoms with Gasteiger partial charge in [0.05, 0.1) is 10.5 Å². The van der Waals surface area contributed by atoms with Crippen LogP contribution in [0.1, 0.15) is 24.2 Å². The van der Waals surface area contributed by atoms with Crippen molar-refractivity contribution in [2.24, 2.45) is 7.05 Å². The monoisotopic (exact) mass is 423 g/mol. The Morgan fingerprint density at radius 2 is 2.07 bits per heavy atom. The lowest BCUT2D eigenvalue weighted by Gasteiger charge is -2.10.